The number of carbonyl (C=O) groups excluding carboxylic acids is 4. The van der Waals surface area contributed by atoms with Crippen LogP contribution in [-0.4, -0.2) is 105 Å². The molecule has 0 aromatic heterocycles. The molecule has 45 heavy (non-hydrogen) atoms. The molecule has 1 aliphatic carbocycles. The zero-order valence-electron chi connectivity index (χ0n) is 28.6. The van der Waals surface area contributed by atoms with Crippen LogP contribution in [0.5, 0.6) is 0 Å². The van der Waals surface area contributed by atoms with Crippen molar-refractivity contribution >= 4 is 23.7 Å². The Hall–Kier alpha value is -2.76. The summed E-state index contributed by atoms with van der Waals surface area (Å²) in [6.45, 7) is 8.97. The monoisotopic (exact) mass is 634 g/mol. The molecule has 3 amide bonds. The Morgan fingerprint density at radius 3 is 2.42 bits per heavy atom. The topological polar surface area (TPSA) is 140 Å². The van der Waals surface area contributed by atoms with Crippen LogP contribution in [0.4, 0.5) is 0 Å². The van der Waals surface area contributed by atoms with E-state index >= 15 is 0 Å². The molecular weight excluding hydrogens is 576 g/mol. The predicted octanol–water partition coefficient (Wildman–Crippen LogP) is 3.36. The van der Waals surface area contributed by atoms with E-state index < -0.39 is 30.1 Å². The summed E-state index contributed by atoms with van der Waals surface area (Å²) in [6, 6.07) is -1.44. The van der Waals surface area contributed by atoms with E-state index in [1.54, 1.807) is 26.0 Å². The van der Waals surface area contributed by atoms with Gasteiger partial charge in [0.1, 0.15) is 6.04 Å². The molecule has 7 unspecified atom stereocenters. The van der Waals surface area contributed by atoms with Crippen molar-refractivity contribution < 1.29 is 33.4 Å². The molecule has 0 saturated carbocycles. The van der Waals surface area contributed by atoms with Crippen LogP contribution >= 0.6 is 0 Å². The van der Waals surface area contributed by atoms with Crippen molar-refractivity contribution in [3.05, 3.63) is 23.8 Å². The molecule has 0 aromatic carbocycles. The first-order valence-corrected chi connectivity index (χ1v) is 16.7. The highest BCUT2D eigenvalue weighted by Gasteiger charge is 2.42. The molecule has 256 valence electrons. The molecule has 2 rings (SSSR count). The number of nitrogens with zero attached hydrogens (tertiary/aromatic N) is 2. The van der Waals surface area contributed by atoms with Gasteiger partial charge in [-0.3, -0.25) is 14.4 Å². The Morgan fingerprint density at radius 2 is 1.87 bits per heavy atom. The number of nitrogens with one attached hydrogen (secondary N) is 1. The smallest absolute Gasteiger partial charge is 0.328 e. The maximum Gasteiger partial charge on any atom is 0.328 e. The highest BCUT2D eigenvalue weighted by atomic mass is 16.5. The number of likely N-dealkylation sites (tertiary alicyclic amines) is 1. The molecule has 2 aliphatic rings. The van der Waals surface area contributed by atoms with Gasteiger partial charge in [0.25, 0.3) is 0 Å². The van der Waals surface area contributed by atoms with Gasteiger partial charge in [-0.2, -0.15) is 0 Å². The lowest BCUT2D eigenvalue weighted by Gasteiger charge is -2.41. The number of carbonyl (C=O) groups is 4. The molecule has 7 atom stereocenters. The third-order valence-electron chi connectivity index (χ3n) is 9.44. The molecule has 1 heterocycles. The number of methoxy groups -OCH3 is 3. The Labute approximate surface area is 270 Å². The van der Waals surface area contributed by atoms with Crippen molar-refractivity contribution in [2.24, 2.45) is 17.6 Å². The van der Waals surface area contributed by atoms with Crippen molar-refractivity contribution in [3.8, 4) is 0 Å². The molecular formula is C34H58N4O7. The molecule has 3 N–H and O–H groups in total. The summed E-state index contributed by atoms with van der Waals surface area (Å²) in [6.07, 6.45) is 11.1. The SMILES string of the molecule is CCCCN(C(=O)CN)C(C(C)CC)C(CC(=O)N1CCCC1C(OC)C(C)C(=O)NC(CC1=CC=CCC1)C(=O)OC)OC. The lowest BCUT2D eigenvalue weighted by Crippen LogP contribution is -2.55. The number of hydrogen-bond donors (Lipinski definition) is 2. The van der Waals surface area contributed by atoms with Gasteiger partial charge < -0.3 is 35.1 Å². The van der Waals surface area contributed by atoms with E-state index in [1.807, 2.05) is 17.1 Å². The van der Waals surface area contributed by atoms with Crippen LogP contribution in [0.25, 0.3) is 0 Å². The van der Waals surface area contributed by atoms with Crippen molar-refractivity contribution in [2.45, 2.75) is 116 Å². The fourth-order valence-corrected chi connectivity index (χ4v) is 6.65. The highest BCUT2D eigenvalue weighted by molar-refractivity contribution is 5.86. The third kappa shape index (κ3) is 10.6. The van der Waals surface area contributed by atoms with Crippen molar-refractivity contribution in [1.82, 2.24) is 15.1 Å². The van der Waals surface area contributed by atoms with Crippen LogP contribution in [0.2, 0.25) is 0 Å². The van der Waals surface area contributed by atoms with Gasteiger partial charge in [-0.05, 0) is 44.4 Å². The fraction of sp³-hybridized carbons (Fsp3) is 0.765. The van der Waals surface area contributed by atoms with Crippen molar-refractivity contribution in [3.63, 3.8) is 0 Å². The summed E-state index contributed by atoms with van der Waals surface area (Å²) < 4.78 is 16.8. The molecule has 0 radical (unpaired) electrons. The first-order valence-electron chi connectivity index (χ1n) is 16.7. The second-order valence-electron chi connectivity index (χ2n) is 12.4. The van der Waals surface area contributed by atoms with E-state index in [1.165, 1.54) is 7.11 Å². The minimum absolute atomic E-state index is 0.0862. The van der Waals surface area contributed by atoms with E-state index in [0.29, 0.717) is 25.9 Å². The predicted molar refractivity (Wildman–Crippen MR) is 174 cm³/mol. The maximum absolute atomic E-state index is 13.9. The number of rotatable bonds is 19. The molecule has 11 nitrogen and oxygen atoms in total. The summed E-state index contributed by atoms with van der Waals surface area (Å²) in [5.74, 6) is -1.64. The molecule has 0 bridgehead atoms. The summed E-state index contributed by atoms with van der Waals surface area (Å²) >= 11 is 0. The van der Waals surface area contributed by atoms with Crippen molar-refractivity contribution in [1.29, 1.82) is 0 Å². The van der Waals surface area contributed by atoms with Crippen LogP contribution in [0.3, 0.4) is 0 Å². The number of ether oxygens (including phenoxy) is 3. The molecule has 1 fully saturated rings. The second kappa shape index (κ2) is 19.7. The lowest BCUT2D eigenvalue weighted by molar-refractivity contribution is -0.148. The van der Waals surface area contributed by atoms with Crippen LogP contribution in [0, 0.1) is 11.8 Å². The van der Waals surface area contributed by atoms with Gasteiger partial charge in [-0.1, -0.05) is 64.3 Å². The first kappa shape index (κ1) is 38.4. The van der Waals surface area contributed by atoms with Gasteiger partial charge in [-0.25, -0.2) is 4.79 Å². The average molecular weight is 635 g/mol. The summed E-state index contributed by atoms with van der Waals surface area (Å²) in [7, 11) is 4.45. The number of unbranched alkanes of at least 4 members (excludes halogenated alkanes) is 1. The maximum atomic E-state index is 13.9. The largest absolute Gasteiger partial charge is 0.467 e. The zero-order valence-corrected chi connectivity index (χ0v) is 28.6. The van der Waals surface area contributed by atoms with E-state index in [-0.39, 0.29) is 48.7 Å². The average Bonchev–Trinajstić information content (AvgIpc) is 3.54. The van der Waals surface area contributed by atoms with Crippen LogP contribution in [0.15, 0.2) is 23.8 Å². The van der Waals surface area contributed by atoms with E-state index in [4.69, 9.17) is 19.9 Å². The van der Waals surface area contributed by atoms with Crippen LogP contribution < -0.4 is 11.1 Å². The number of hydrogen-bond acceptors (Lipinski definition) is 8. The molecule has 1 aliphatic heterocycles. The Morgan fingerprint density at radius 1 is 1.13 bits per heavy atom. The number of esters is 1. The van der Waals surface area contributed by atoms with Gasteiger partial charge in [0.15, 0.2) is 0 Å². The lowest BCUT2D eigenvalue weighted by atomic mass is 9.89. The van der Waals surface area contributed by atoms with Gasteiger partial charge >= 0.3 is 5.97 Å². The van der Waals surface area contributed by atoms with Gasteiger partial charge in [0, 0.05) is 27.3 Å². The van der Waals surface area contributed by atoms with Gasteiger partial charge in [0.2, 0.25) is 17.7 Å². The van der Waals surface area contributed by atoms with Crippen LogP contribution in [-0.2, 0) is 33.4 Å². The molecule has 11 heteroatoms. The summed E-state index contributed by atoms with van der Waals surface area (Å²) in [4.78, 5) is 56.6. The number of amides is 3. The minimum atomic E-state index is -0.812. The van der Waals surface area contributed by atoms with Gasteiger partial charge in [0.05, 0.1) is 50.3 Å². The van der Waals surface area contributed by atoms with Gasteiger partial charge in [-0.15, -0.1) is 0 Å². The fourth-order valence-electron chi connectivity index (χ4n) is 6.65. The Balaban J connectivity index is 2.22. The van der Waals surface area contributed by atoms with Crippen molar-refractivity contribution in [2.75, 3.05) is 41.0 Å². The summed E-state index contributed by atoms with van der Waals surface area (Å²) in [5.41, 5.74) is 6.87. The quantitative estimate of drug-likeness (QED) is 0.206. The molecule has 0 spiro atoms. The third-order valence-corrected chi connectivity index (χ3v) is 9.44. The normalized spacial score (nSPS) is 20.4. The molecule has 0 aromatic rings. The highest BCUT2D eigenvalue weighted by Crippen LogP contribution is 2.30. The Bertz CT molecular complexity index is 1030. The number of nitrogens with two attached hydrogens (primary N) is 1. The Kier molecular flexibility index (Phi) is 16.8. The second-order valence-corrected chi connectivity index (χ2v) is 12.4. The standard InChI is InChI=1S/C34H58N4O7/c1-8-10-18-38(30(40)22-35)31(23(3)9-2)28(43-5)21-29(39)37-19-14-17-27(37)32(44-6)24(4)33(41)36-26(34(42)45-7)20-25-15-12-11-13-16-25/h11-12,15,23-24,26-28,31-32H,8-10,13-14,16-22,35H2,1-7H3,(H,36,41). The number of allylic oxidation sites excluding steroid dienone is 3. The van der Waals surface area contributed by atoms with E-state index in [9.17, 15) is 19.2 Å². The van der Waals surface area contributed by atoms with E-state index in [0.717, 1.165) is 44.1 Å². The van der Waals surface area contributed by atoms with Crippen LogP contribution in [0.1, 0.15) is 85.5 Å². The zero-order chi connectivity index (χ0) is 33.5. The first-order chi connectivity index (χ1) is 21.6. The van der Waals surface area contributed by atoms with E-state index in [2.05, 4.69) is 32.2 Å². The molecule has 1 saturated heterocycles. The minimum Gasteiger partial charge on any atom is -0.467 e. The summed E-state index contributed by atoms with van der Waals surface area (Å²) in [5, 5.41) is 2.89.